The third-order valence-electron chi connectivity index (χ3n) is 3.78. The summed E-state index contributed by atoms with van der Waals surface area (Å²) in [5, 5.41) is 0.166. The molecule has 1 rings (SSSR count). The van der Waals surface area contributed by atoms with E-state index < -0.39 is 8.32 Å². The lowest BCUT2D eigenvalue weighted by molar-refractivity contribution is -0.182. The molecule has 0 aliphatic carbocycles. The number of carbonyl (C=O) groups is 1. The molecule has 1 saturated heterocycles. The minimum absolute atomic E-state index is 0.0722. The number of nitrogens with zero attached hydrogens (tertiary/aromatic N) is 1. The first kappa shape index (κ1) is 16.4. The van der Waals surface area contributed by atoms with Crippen LogP contribution in [0.25, 0.3) is 0 Å². The number of alkyl halides is 1. The van der Waals surface area contributed by atoms with E-state index in [4.69, 9.17) is 9.16 Å². The molecule has 0 bridgehead atoms. The van der Waals surface area contributed by atoms with E-state index in [0.717, 1.165) is 4.43 Å². The van der Waals surface area contributed by atoms with Crippen molar-refractivity contribution in [2.75, 3.05) is 17.8 Å². The van der Waals surface area contributed by atoms with Crippen molar-refractivity contribution in [2.24, 2.45) is 0 Å². The van der Waals surface area contributed by atoms with Crippen LogP contribution in [0.1, 0.15) is 27.2 Å². The first-order valence-electron chi connectivity index (χ1n) is 6.30. The number of rotatable bonds is 6. The lowest BCUT2D eigenvalue weighted by atomic mass is 10.2. The number of hydrogen-bond acceptors (Lipinski definition) is 3. The molecule has 0 N–H and O–H groups in total. The molecule has 0 unspecified atom stereocenters. The first-order chi connectivity index (χ1) is 8.19. The van der Waals surface area contributed by atoms with Crippen molar-refractivity contribution in [3.8, 4) is 0 Å². The van der Waals surface area contributed by atoms with Crippen LogP contribution in [0, 0.1) is 0 Å². The van der Waals surface area contributed by atoms with E-state index in [0.29, 0.717) is 19.8 Å². The zero-order valence-electron chi connectivity index (χ0n) is 12.0. The highest BCUT2D eigenvalue weighted by molar-refractivity contribution is 14.1. The van der Waals surface area contributed by atoms with Crippen molar-refractivity contribution in [2.45, 2.75) is 51.6 Å². The van der Waals surface area contributed by atoms with Crippen molar-refractivity contribution < 1.29 is 14.0 Å². The summed E-state index contributed by atoms with van der Waals surface area (Å²) < 4.78 is 12.6. The van der Waals surface area contributed by atoms with E-state index in [1.807, 2.05) is 0 Å². The van der Waals surface area contributed by atoms with Crippen LogP contribution in [0.2, 0.25) is 18.1 Å². The quantitative estimate of drug-likeness (QED) is 0.305. The van der Waals surface area contributed by atoms with Gasteiger partial charge < -0.3 is 9.16 Å². The summed E-state index contributed by atoms with van der Waals surface area (Å²) in [5.41, 5.74) is 0. The smallest absolute Gasteiger partial charge is 0.230 e. The van der Waals surface area contributed by atoms with Crippen LogP contribution in [0.5, 0.6) is 0 Å². The molecule has 0 aromatic carbocycles. The average Bonchev–Trinajstić information content (AvgIpc) is 2.22. The number of carbonyl (C=O) groups excluding carboxylic acids is 1. The second-order valence-corrected chi connectivity index (χ2v) is 12.0. The molecule has 1 fully saturated rings. The summed E-state index contributed by atoms with van der Waals surface area (Å²) in [4.78, 5) is 13.3. The summed E-state index contributed by atoms with van der Waals surface area (Å²) in [6.45, 7) is 12.0. The summed E-state index contributed by atoms with van der Waals surface area (Å²) >= 11 is 2.27. The maximum atomic E-state index is 11.6. The molecule has 0 radical (unpaired) electrons. The molecular weight excluding hydrogens is 361 g/mol. The molecule has 0 saturated carbocycles. The molecule has 1 amide bonds. The Kier molecular flexibility index (Phi) is 5.64. The monoisotopic (exact) mass is 385 g/mol. The Bertz CT molecular complexity index is 304. The van der Waals surface area contributed by atoms with Gasteiger partial charge in [0.05, 0.1) is 13.0 Å². The second-order valence-electron chi connectivity index (χ2n) is 6.12. The molecule has 18 heavy (non-hydrogen) atoms. The highest BCUT2D eigenvalue weighted by Gasteiger charge is 2.41. The lowest BCUT2D eigenvalue weighted by Gasteiger charge is -2.43. The van der Waals surface area contributed by atoms with Gasteiger partial charge >= 0.3 is 0 Å². The minimum atomic E-state index is -1.79. The molecule has 0 spiro atoms. The van der Waals surface area contributed by atoms with Gasteiger partial charge in [-0.2, -0.15) is 0 Å². The number of amides is 1. The fourth-order valence-corrected chi connectivity index (χ4v) is 2.51. The minimum Gasteiger partial charge on any atom is -0.399 e. The molecule has 1 aliphatic rings. The van der Waals surface area contributed by atoms with Gasteiger partial charge in [-0.25, -0.2) is 0 Å². The SMILES string of the molecule is CC(C)(C)[Si](C)(C)OCN1C(=O)C[C@@H]1OCCI. The van der Waals surface area contributed by atoms with Gasteiger partial charge in [-0.3, -0.25) is 9.69 Å². The maximum Gasteiger partial charge on any atom is 0.230 e. The molecule has 106 valence electrons. The van der Waals surface area contributed by atoms with E-state index in [2.05, 4.69) is 56.5 Å². The Balaban J connectivity index is 2.45. The van der Waals surface area contributed by atoms with Crippen molar-refractivity contribution >= 4 is 36.8 Å². The van der Waals surface area contributed by atoms with Crippen molar-refractivity contribution in [3.63, 3.8) is 0 Å². The largest absolute Gasteiger partial charge is 0.399 e. The van der Waals surface area contributed by atoms with Gasteiger partial charge in [0, 0.05) is 4.43 Å². The standard InChI is InChI=1S/C12H24INO3Si/c1-12(2,3)18(4,5)17-9-14-10(15)8-11(14)16-7-6-13/h11H,6-9H2,1-5H3/t11-/m0/s1. The maximum absolute atomic E-state index is 11.6. The number of likely N-dealkylation sites (tertiary alicyclic amines) is 1. The van der Waals surface area contributed by atoms with Crippen LogP contribution < -0.4 is 0 Å². The zero-order chi connectivity index (χ0) is 14.0. The van der Waals surface area contributed by atoms with Gasteiger partial charge in [0.15, 0.2) is 8.32 Å². The molecular formula is C12H24INO3Si. The van der Waals surface area contributed by atoms with Crippen LogP contribution in [0.3, 0.4) is 0 Å². The van der Waals surface area contributed by atoms with E-state index in [1.54, 1.807) is 4.90 Å². The van der Waals surface area contributed by atoms with Gasteiger partial charge in [0.2, 0.25) is 5.91 Å². The predicted octanol–water partition coefficient (Wildman–Crippen LogP) is 2.98. The molecule has 0 aromatic rings. The molecule has 0 aromatic heterocycles. The highest BCUT2D eigenvalue weighted by atomic mass is 127. The van der Waals surface area contributed by atoms with Gasteiger partial charge in [-0.05, 0) is 18.1 Å². The topological polar surface area (TPSA) is 38.8 Å². The number of halogens is 1. The summed E-state index contributed by atoms with van der Waals surface area (Å²) in [6.07, 6.45) is 0.425. The van der Waals surface area contributed by atoms with Crippen LogP contribution in [-0.4, -0.2) is 43.1 Å². The molecule has 4 nitrogen and oxygen atoms in total. The van der Waals surface area contributed by atoms with Crippen LogP contribution in [0.4, 0.5) is 0 Å². The van der Waals surface area contributed by atoms with Crippen molar-refractivity contribution in [1.82, 2.24) is 4.90 Å². The molecule has 1 atom stereocenters. The van der Waals surface area contributed by atoms with Crippen LogP contribution in [-0.2, 0) is 14.0 Å². The summed E-state index contributed by atoms with van der Waals surface area (Å²) in [7, 11) is -1.79. The predicted molar refractivity (Wildman–Crippen MR) is 83.2 cm³/mol. The number of hydrogen-bond donors (Lipinski definition) is 0. The van der Waals surface area contributed by atoms with Gasteiger partial charge in [0.25, 0.3) is 0 Å². The fraction of sp³-hybridized carbons (Fsp3) is 0.917. The Morgan fingerprint density at radius 3 is 2.50 bits per heavy atom. The summed E-state index contributed by atoms with van der Waals surface area (Å²) in [5.74, 6) is 0.132. The third-order valence-corrected chi connectivity index (χ3v) is 8.68. The van der Waals surface area contributed by atoms with Crippen molar-refractivity contribution in [3.05, 3.63) is 0 Å². The Hall–Kier alpha value is 0.337. The second kappa shape index (κ2) is 6.19. The van der Waals surface area contributed by atoms with Gasteiger partial charge in [-0.1, -0.05) is 43.4 Å². The number of ether oxygens (including phenoxy) is 1. The van der Waals surface area contributed by atoms with E-state index in [1.165, 1.54) is 0 Å². The first-order valence-corrected chi connectivity index (χ1v) is 10.7. The zero-order valence-corrected chi connectivity index (χ0v) is 15.1. The normalized spacial score (nSPS) is 21.1. The van der Waals surface area contributed by atoms with Crippen molar-refractivity contribution in [1.29, 1.82) is 0 Å². The van der Waals surface area contributed by atoms with Crippen LogP contribution >= 0.6 is 22.6 Å². The Morgan fingerprint density at radius 1 is 1.44 bits per heavy atom. The Labute approximate surface area is 125 Å². The van der Waals surface area contributed by atoms with E-state index >= 15 is 0 Å². The molecule has 1 aliphatic heterocycles. The highest BCUT2D eigenvalue weighted by Crippen LogP contribution is 2.37. The Morgan fingerprint density at radius 2 is 2.06 bits per heavy atom. The number of β-lactam (4-membered cyclic amide) rings is 1. The van der Waals surface area contributed by atoms with Crippen LogP contribution in [0.15, 0.2) is 0 Å². The fourth-order valence-electron chi connectivity index (χ4n) is 1.36. The lowest BCUT2D eigenvalue weighted by Crippen LogP contribution is -2.57. The van der Waals surface area contributed by atoms with Gasteiger partial charge in [-0.15, -0.1) is 0 Å². The molecule has 6 heteroatoms. The van der Waals surface area contributed by atoms with E-state index in [9.17, 15) is 4.79 Å². The summed E-state index contributed by atoms with van der Waals surface area (Å²) in [6, 6.07) is 0. The molecule has 1 heterocycles. The third kappa shape index (κ3) is 3.91. The average molecular weight is 385 g/mol. The van der Waals surface area contributed by atoms with Gasteiger partial charge in [0.1, 0.15) is 13.0 Å². The van der Waals surface area contributed by atoms with E-state index in [-0.39, 0.29) is 17.2 Å².